The van der Waals surface area contributed by atoms with Gasteiger partial charge >= 0.3 is 0 Å². The first-order valence-electron chi connectivity index (χ1n) is 6.42. The van der Waals surface area contributed by atoms with Crippen LogP contribution in [0.3, 0.4) is 0 Å². The van der Waals surface area contributed by atoms with E-state index in [1.807, 2.05) is 23.8 Å². The molecule has 1 aromatic heterocycles. The molecule has 1 amide bonds. The molecule has 0 radical (unpaired) electrons. The second-order valence-electron chi connectivity index (χ2n) is 4.76. The first-order valence-corrected chi connectivity index (χ1v) is 7.36. The molecule has 0 saturated heterocycles. The van der Waals surface area contributed by atoms with Crippen molar-refractivity contribution in [1.82, 2.24) is 5.32 Å². The van der Waals surface area contributed by atoms with Crippen LogP contribution in [0.25, 0.3) is 0 Å². The largest absolute Gasteiger partial charge is 0.508 e. The van der Waals surface area contributed by atoms with E-state index in [0.29, 0.717) is 6.42 Å². The van der Waals surface area contributed by atoms with E-state index < -0.39 is 6.04 Å². The number of carbonyl (C=O) groups is 1. The van der Waals surface area contributed by atoms with Crippen LogP contribution in [0.2, 0.25) is 0 Å². The number of amides is 1. The normalized spacial score (nSPS) is 13.7. The van der Waals surface area contributed by atoms with Gasteiger partial charge in [-0.05, 0) is 53.4 Å². The Morgan fingerprint density at radius 2 is 2.05 bits per heavy atom. The van der Waals surface area contributed by atoms with Crippen LogP contribution in [0, 0.1) is 0 Å². The molecule has 0 aliphatic rings. The third kappa shape index (κ3) is 3.82. The first kappa shape index (κ1) is 14.6. The monoisotopic (exact) mass is 290 g/mol. The van der Waals surface area contributed by atoms with E-state index in [0.717, 1.165) is 11.1 Å². The Morgan fingerprint density at radius 1 is 1.35 bits per heavy atom. The van der Waals surface area contributed by atoms with Gasteiger partial charge in [-0.3, -0.25) is 4.79 Å². The van der Waals surface area contributed by atoms with Crippen LogP contribution in [0.5, 0.6) is 5.75 Å². The molecule has 0 saturated carbocycles. The van der Waals surface area contributed by atoms with E-state index in [1.165, 1.54) is 0 Å². The first-order chi connectivity index (χ1) is 9.56. The lowest BCUT2D eigenvalue weighted by molar-refractivity contribution is -0.123. The van der Waals surface area contributed by atoms with Crippen LogP contribution < -0.4 is 11.1 Å². The number of phenols is 1. The Bertz CT molecular complexity index is 552. The van der Waals surface area contributed by atoms with E-state index in [4.69, 9.17) is 5.73 Å². The molecule has 4 nitrogen and oxygen atoms in total. The number of aromatic hydroxyl groups is 1. The molecule has 0 aliphatic heterocycles. The highest BCUT2D eigenvalue weighted by Crippen LogP contribution is 2.16. The smallest absolute Gasteiger partial charge is 0.237 e. The van der Waals surface area contributed by atoms with Crippen molar-refractivity contribution in [3.05, 3.63) is 52.2 Å². The van der Waals surface area contributed by atoms with Crippen molar-refractivity contribution < 1.29 is 9.90 Å². The molecule has 5 heteroatoms. The third-order valence-corrected chi connectivity index (χ3v) is 3.83. The lowest BCUT2D eigenvalue weighted by Gasteiger charge is -2.17. The van der Waals surface area contributed by atoms with Crippen molar-refractivity contribution >= 4 is 17.2 Å². The highest BCUT2D eigenvalue weighted by molar-refractivity contribution is 7.07. The van der Waals surface area contributed by atoms with Crippen LogP contribution in [0.4, 0.5) is 0 Å². The van der Waals surface area contributed by atoms with E-state index in [1.54, 1.807) is 35.6 Å². The second kappa shape index (κ2) is 6.54. The average Bonchev–Trinajstić information content (AvgIpc) is 2.95. The van der Waals surface area contributed by atoms with Crippen molar-refractivity contribution in [3.8, 4) is 5.75 Å². The van der Waals surface area contributed by atoms with Gasteiger partial charge in [0.2, 0.25) is 5.91 Å². The molecule has 1 heterocycles. The van der Waals surface area contributed by atoms with Gasteiger partial charge in [0.1, 0.15) is 5.75 Å². The quantitative estimate of drug-likeness (QED) is 0.790. The number of benzene rings is 1. The predicted octanol–water partition coefficient (Wildman–Crippen LogP) is 2.20. The molecule has 4 N–H and O–H groups in total. The Labute approximate surface area is 122 Å². The minimum absolute atomic E-state index is 0.0420. The van der Waals surface area contributed by atoms with Crippen molar-refractivity contribution in [2.75, 3.05) is 0 Å². The summed E-state index contributed by atoms with van der Waals surface area (Å²) >= 11 is 1.60. The fraction of sp³-hybridized carbons (Fsp3) is 0.267. The predicted molar refractivity (Wildman–Crippen MR) is 80.7 cm³/mol. The summed E-state index contributed by atoms with van der Waals surface area (Å²) in [5, 5.41) is 16.1. The fourth-order valence-corrected chi connectivity index (χ4v) is 2.66. The zero-order chi connectivity index (χ0) is 14.5. The number of hydrogen-bond acceptors (Lipinski definition) is 4. The Hall–Kier alpha value is -1.85. The minimum Gasteiger partial charge on any atom is -0.508 e. The maximum atomic E-state index is 12.0. The number of rotatable bonds is 5. The van der Waals surface area contributed by atoms with Crippen LogP contribution in [-0.2, 0) is 11.2 Å². The molecule has 1 unspecified atom stereocenters. The zero-order valence-electron chi connectivity index (χ0n) is 11.2. The van der Waals surface area contributed by atoms with Crippen LogP contribution in [0.1, 0.15) is 24.1 Å². The van der Waals surface area contributed by atoms with Gasteiger partial charge < -0.3 is 16.2 Å². The molecular weight excluding hydrogens is 272 g/mol. The number of carbonyl (C=O) groups excluding carboxylic acids is 1. The van der Waals surface area contributed by atoms with Gasteiger partial charge in [-0.25, -0.2) is 0 Å². The third-order valence-electron chi connectivity index (χ3n) is 3.13. The highest BCUT2D eigenvalue weighted by Gasteiger charge is 2.17. The Kier molecular flexibility index (Phi) is 4.76. The van der Waals surface area contributed by atoms with Crippen LogP contribution in [-0.4, -0.2) is 17.1 Å². The van der Waals surface area contributed by atoms with Crippen molar-refractivity contribution in [2.45, 2.75) is 25.4 Å². The van der Waals surface area contributed by atoms with Crippen molar-refractivity contribution in [1.29, 1.82) is 0 Å². The molecule has 0 bridgehead atoms. The van der Waals surface area contributed by atoms with Gasteiger partial charge in [0.25, 0.3) is 0 Å². The molecule has 1 aromatic carbocycles. The van der Waals surface area contributed by atoms with Gasteiger partial charge in [0, 0.05) is 0 Å². The number of phenolic OH excluding ortho intramolecular Hbond substituents is 1. The van der Waals surface area contributed by atoms with Gasteiger partial charge in [0.05, 0.1) is 12.1 Å². The summed E-state index contributed by atoms with van der Waals surface area (Å²) < 4.78 is 0. The van der Waals surface area contributed by atoms with Gasteiger partial charge in [-0.1, -0.05) is 12.1 Å². The van der Waals surface area contributed by atoms with Gasteiger partial charge in [0.15, 0.2) is 0 Å². The Morgan fingerprint density at radius 3 is 2.65 bits per heavy atom. The van der Waals surface area contributed by atoms with Crippen LogP contribution >= 0.6 is 11.3 Å². The maximum Gasteiger partial charge on any atom is 0.237 e. The fourth-order valence-electron chi connectivity index (χ4n) is 1.90. The SMILES string of the molecule is CC(NC(=O)[C@H](N)Cc1ccc(O)cc1)c1ccsc1. The van der Waals surface area contributed by atoms with E-state index >= 15 is 0 Å². The number of nitrogens with two attached hydrogens (primary N) is 1. The van der Waals surface area contributed by atoms with E-state index in [2.05, 4.69) is 5.32 Å². The molecule has 2 aromatic rings. The molecular formula is C15H18N2O2S. The van der Waals surface area contributed by atoms with Gasteiger partial charge in [-0.15, -0.1) is 0 Å². The summed E-state index contributed by atoms with van der Waals surface area (Å²) in [5.74, 6) is 0.0367. The zero-order valence-corrected chi connectivity index (χ0v) is 12.1. The molecule has 0 spiro atoms. The summed E-state index contributed by atoms with van der Waals surface area (Å²) in [5.41, 5.74) is 7.93. The van der Waals surface area contributed by atoms with Crippen LogP contribution in [0.15, 0.2) is 41.1 Å². The summed E-state index contributed by atoms with van der Waals surface area (Å²) in [4.78, 5) is 12.0. The lowest BCUT2D eigenvalue weighted by Crippen LogP contribution is -2.42. The van der Waals surface area contributed by atoms with Gasteiger partial charge in [-0.2, -0.15) is 11.3 Å². The average molecular weight is 290 g/mol. The molecule has 2 rings (SSSR count). The Balaban J connectivity index is 1.90. The molecule has 2 atom stereocenters. The van der Waals surface area contributed by atoms with E-state index in [9.17, 15) is 9.90 Å². The second-order valence-corrected chi connectivity index (χ2v) is 5.54. The highest BCUT2D eigenvalue weighted by atomic mass is 32.1. The van der Waals surface area contributed by atoms with Crippen molar-refractivity contribution in [2.24, 2.45) is 5.73 Å². The standard InChI is InChI=1S/C15H18N2O2S/c1-10(12-6-7-20-9-12)17-15(19)14(16)8-11-2-4-13(18)5-3-11/h2-7,9-10,14,18H,8,16H2,1H3,(H,17,19)/t10?,14-/m1/s1. The summed E-state index contributed by atoms with van der Waals surface area (Å²) in [6, 6.07) is 8.07. The van der Waals surface area contributed by atoms with Crippen molar-refractivity contribution in [3.63, 3.8) is 0 Å². The summed E-state index contributed by atoms with van der Waals surface area (Å²) in [6.45, 7) is 1.94. The molecule has 106 valence electrons. The number of nitrogens with one attached hydrogen (secondary N) is 1. The topological polar surface area (TPSA) is 75.4 Å². The molecule has 0 fully saturated rings. The number of thiophene rings is 1. The van der Waals surface area contributed by atoms with E-state index in [-0.39, 0.29) is 17.7 Å². The number of hydrogen-bond donors (Lipinski definition) is 3. The summed E-state index contributed by atoms with van der Waals surface area (Å²) in [7, 11) is 0. The maximum absolute atomic E-state index is 12.0. The molecule has 20 heavy (non-hydrogen) atoms. The molecule has 0 aliphatic carbocycles. The lowest BCUT2D eigenvalue weighted by atomic mass is 10.1. The minimum atomic E-state index is -0.597. The summed E-state index contributed by atoms with van der Waals surface area (Å²) in [6.07, 6.45) is 0.447.